The number of nitrogens with zero attached hydrogens (tertiary/aromatic N) is 3. The lowest BCUT2D eigenvalue weighted by molar-refractivity contribution is 1.04. The molecule has 2 rings (SSSR count). The van der Waals surface area contributed by atoms with E-state index in [-0.39, 0.29) is 0 Å². The molecule has 0 fully saturated rings. The van der Waals surface area contributed by atoms with E-state index in [0.717, 1.165) is 27.2 Å². The van der Waals surface area contributed by atoms with Crippen LogP contribution in [-0.4, -0.2) is 21.6 Å². The minimum Gasteiger partial charge on any atom is -0.377 e. The number of thioether (sulfide) groups is 1. The molecule has 0 saturated carbocycles. The number of rotatable bonds is 4. The summed E-state index contributed by atoms with van der Waals surface area (Å²) in [7, 11) is 1.89. The van der Waals surface area contributed by atoms with Gasteiger partial charge in [0, 0.05) is 30.0 Å². The Labute approximate surface area is 109 Å². The van der Waals surface area contributed by atoms with Gasteiger partial charge in [-0.2, -0.15) is 0 Å². The molecular formula is C11H14N4S2. The smallest absolute Gasteiger partial charge is 0.133 e. The molecule has 0 aliphatic heterocycles. The van der Waals surface area contributed by atoms with Crippen molar-refractivity contribution in [2.75, 3.05) is 12.4 Å². The summed E-state index contributed by atoms with van der Waals surface area (Å²) in [4.78, 5) is 4.49. The van der Waals surface area contributed by atoms with Gasteiger partial charge in [-0.15, -0.1) is 5.10 Å². The van der Waals surface area contributed by atoms with Crippen molar-refractivity contribution in [2.45, 2.75) is 24.6 Å². The first-order chi connectivity index (χ1) is 8.19. The Kier molecular flexibility index (Phi) is 3.96. The number of hydrogen-bond acceptors (Lipinski definition) is 6. The largest absolute Gasteiger partial charge is 0.377 e. The van der Waals surface area contributed by atoms with Crippen LogP contribution < -0.4 is 5.32 Å². The molecule has 0 unspecified atom stereocenters. The fourth-order valence-corrected chi connectivity index (χ4v) is 3.10. The molecule has 2 aromatic heterocycles. The van der Waals surface area contributed by atoms with E-state index in [1.54, 1.807) is 11.8 Å². The highest BCUT2D eigenvalue weighted by atomic mass is 32.2. The first kappa shape index (κ1) is 12.3. The second kappa shape index (κ2) is 5.46. The average Bonchev–Trinajstić information content (AvgIpc) is 2.72. The Morgan fingerprint density at radius 1 is 1.35 bits per heavy atom. The fourth-order valence-electron chi connectivity index (χ4n) is 1.51. The van der Waals surface area contributed by atoms with Gasteiger partial charge in [-0.05, 0) is 31.5 Å². The number of hydrogen-bond donors (Lipinski definition) is 1. The molecule has 0 radical (unpaired) electrons. The average molecular weight is 266 g/mol. The van der Waals surface area contributed by atoms with Crippen LogP contribution in [0.1, 0.15) is 17.0 Å². The lowest BCUT2D eigenvalue weighted by Gasteiger charge is -2.03. The molecule has 0 amide bonds. The van der Waals surface area contributed by atoms with Gasteiger partial charge in [-0.25, -0.2) is 4.98 Å². The van der Waals surface area contributed by atoms with Crippen molar-refractivity contribution < 1.29 is 0 Å². The van der Waals surface area contributed by atoms with Crippen LogP contribution in [0.4, 0.5) is 5.00 Å². The van der Waals surface area contributed by atoms with E-state index >= 15 is 0 Å². The highest BCUT2D eigenvalue weighted by molar-refractivity contribution is 7.98. The van der Waals surface area contributed by atoms with E-state index in [2.05, 4.69) is 38.9 Å². The maximum absolute atomic E-state index is 4.49. The van der Waals surface area contributed by atoms with Crippen molar-refractivity contribution in [3.63, 3.8) is 0 Å². The third-order valence-corrected chi connectivity index (χ3v) is 3.92. The summed E-state index contributed by atoms with van der Waals surface area (Å²) < 4.78 is 3.94. The van der Waals surface area contributed by atoms with Crippen LogP contribution in [0.15, 0.2) is 17.2 Å². The third kappa shape index (κ3) is 3.17. The second-order valence-electron chi connectivity index (χ2n) is 3.71. The minimum absolute atomic E-state index is 0.794. The van der Waals surface area contributed by atoms with Crippen molar-refractivity contribution in [1.82, 2.24) is 14.6 Å². The van der Waals surface area contributed by atoms with E-state index in [4.69, 9.17) is 0 Å². The highest BCUT2D eigenvalue weighted by Gasteiger charge is 2.07. The Balaban J connectivity index is 2.07. The van der Waals surface area contributed by atoms with Crippen LogP contribution >= 0.6 is 23.3 Å². The Bertz CT molecular complexity index is 490. The van der Waals surface area contributed by atoms with Crippen molar-refractivity contribution in [3.8, 4) is 0 Å². The number of nitrogens with one attached hydrogen (secondary N) is 1. The summed E-state index contributed by atoms with van der Waals surface area (Å²) in [5, 5.41) is 9.27. The van der Waals surface area contributed by atoms with Gasteiger partial charge in [0.2, 0.25) is 0 Å². The Morgan fingerprint density at radius 3 is 2.88 bits per heavy atom. The second-order valence-corrected chi connectivity index (χ2v) is 5.46. The van der Waals surface area contributed by atoms with Crippen LogP contribution in [0.3, 0.4) is 0 Å². The topological polar surface area (TPSA) is 50.7 Å². The van der Waals surface area contributed by atoms with Crippen LogP contribution in [-0.2, 0) is 5.75 Å². The predicted octanol–water partition coefficient (Wildman–Crippen LogP) is 2.88. The molecule has 0 atom stereocenters. The highest BCUT2D eigenvalue weighted by Crippen LogP contribution is 2.26. The first-order valence-corrected chi connectivity index (χ1v) is 7.02. The van der Waals surface area contributed by atoms with E-state index in [9.17, 15) is 0 Å². The summed E-state index contributed by atoms with van der Waals surface area (Å²) >= 11 is 3.07. The molecule has 0 saturated heterocycles. The molecule has 90 valence electrons. The molecule has 0 spiro atoms. The lowest BCUT2D eigenvalue weighted by atomic mass is 10.3. The molecule has 1 N–H and O–H groups in total. The summed E-state index contributed by atoms with van der Waals surface area (Å²) in [6, 6.07) is 4.17. The predicted molar refractivity (Wildman–Crippen MR) is 72.7 cm³/mol. The van der Waals surface area contributed by atoms with Crippen molar-refractivity contribution in [3.05, 3.63) is 29.1 Å². The standard InChI is InChI=1S/C11H14N4S2/c1-7-4-8(2)13-10(5-7)16-6-9-11(12-3)17-15-14-9/h4-5,12H,6H2,1-3H3. The Hall–Kier alpha value is -1.14. The fraction of sp³-hybridized carbons (Fsp3) is 0.364. The van der Waals surface area contributed by atoms with Crippen LogP contribution in [0.5, 0.6) is 0 Å². The molecule has 6 heteroatoms. The summed E-state index contributed by atoms with van der Waals surface area (Å²) in [6.07, 6.45) is 0. The van der Waals surface area contributed by atoms with Gasteiger partial charge in [-0.1, -0.05) is 16.3 Å². The minimum atomic E-state index is 0.794. The van der Waals surface area contributed by atoms with E-state index in [0.29, 0.717) is 0 Å². The SMILES string of the molecule is CNc1snnc1CSc1cc(C)cc(C)n1. The van der Waals surface area contributed by atoms with Crippen LogP contribution in [0.2, 0.25) is 0 Å². The molecule has 0 aliphatic carbocycles. The van der Waals surface area contributed by atoms with Gasteiger partial charge in [0.05, 0.1) is 5.03 Å². The van der Waals surface area contributed by atoms with Gasteiger partial charge in [0.1, 0.15) is 10.7 Å². The van der Waals surface area contributed by atoms with Gasteiger partial charge < -0.3 is 5.32 Å². The molecule has 2 aromatic rings. The zero-order valence-corrected chi connectivity index (χ0v) is 11.7. The first-order valence-electron chi connectivity index (χ1n) is 5.26. The molecule has 4 nitrogen and oxygen atoms in total. The van der Waals surface area contributed by atoms with Gasteiger partial charge >= 0.3 is 0 Å². The molecule has 2 heterocycles. The third-order valence-electron chi connectivity index (χ3n) is 2.21. The molecular weight excluding hydrogens is 252 g/mol. The van der Waals surface area contributed by atoms with Gasteiger partial charge in [0.15, 0.2) is 0 Å². The lowest BCUT2D eigenvalue weighted by Crippen LogP contribution is -1.92. The van der Waals surface area contributed by atoms with E-state index in [1.807, 2.05) is 14.0 Å². The number of aryl methyl sites for hydroxylation is 2. The van der Waals surface area contributed by atoms with Crippen molar-refractivity contribution in [1.29, 1.82) is 0 Å². The quantitative estimate of drug-likeness (QED) is 0.862. The van der Waals surface area contributed by atoms with Gasteiger partial charge in [-0.3, -0.25) is 0 Å². The molecule has 0 aromatic carbocycles. The number of pyridine rings is 1. The Morgan fingerprint density at radius 2 is 2.18 bits per heavy atom. The van der Waals surface area contributed by atoms with Gasteiger partial charge in [0.25, 0.3) is 0 Å². The zero-order valence-electron chi connectivity index (χ0n) is 10.0. The summed E-state index contributed by atoms with van der Waals surface area (Å²) in [6.45, 7) is 4.10. The maximum Gasteiger partial charge on any atom is 0.133 e. The summed E-state index contributed by atoms with van der Waals surface area (Å²) in [5.41, 5.74) is 3.28. The monoisotopic (exact) mass is 266 g/mol. The molecule has 0 bridgehead atoms. The zero-order chi connectivity index (χ0) is 12.3. The number of aromatic nitrogens is 3. The van der Waals surface area contributed by atoms with E-state index in [1.165, 1.54) is 17.1 Å². The van der Waals surface area contributed by atoms with E-state index < -0.39 is 0 Å². The normalized spacial score (nSPS) is 10.5. The van der Waals surface area contributed by atoms with Crippen LogP contribution in [0.25, 0.3) is 0 Å². The number of anilines is 1. The molecule has 17 heavy (non-hydrogen) atoms. The molecule has 0 aliphatic rings. The van der Waals surface area contributed by atoms with Crippen molar-refractivity contribution in [2.24, 2.45) is 0 Å². The van der Waals surface area contributed by atoms with Crippen molar-refractivity contribution >= 4 is 28.3 Å². The van der Waals surface area contributed by atoms with Crippen LogP contribution in [0, 0.1) is 13.8 Å². The maximum atomic E-state index is 4.49. The summed E-state index contributed by atoms with van der Waals surface area (Å²) in [5.74, 6) is 0.794.